The number of benzene rings is 1. The maximum atomic E-state index is 12.4. The molecule has 1 unspecified atom stereocenters. The Morgan fingerprint density at radius 2 is 2.08 bits per heavy atom. The van der Waals surface area contributed by atoms with Crippen molar-refractivity contribution in [1.29, 1.82) is 0 Å². The van der Waals surface area contributed by atoms with Crippen LogP contribution in [-0.2, 0) is 14.6 Å². The molecule has 1 N–H and O–H groups in total. The van der Waals surface area contributed by atoms with Crippen LogP contribution in [-0.4, -0.2) is 61.0 Å². The number of carboxylic acid groups (broad SMARTS) is 1. The Balaban J connectivity index is 2.07. The first-order chi connectivity index (χ1) is 11.2. The fourth-order valence-corrected chi connectivity index (χ4v) is 4.54. The van der Waals surface area contributed by atoms with Gasteiger partial charge in [-0.3, -0.25) is 4.79 Å². The van der Waals surface area contributed by atoms with Crippen molar-refractivity contribution in [3.05, 3.63) is 29.3 Å². The van der Waals surface area contributed by atoms with Crippen LogP contribution in [0.1, 0.15) is 29.3 Å². The topological polar surface area (TPSA) is 101 Å². The zero-order chi connectivity index (χ0) is 17.9. The number of carbonyl (C=O) groups excluding carboxylic acids is 1. The molecule has 1 atom stereocenters. The van der Waals surface area contributed by atoms with E-state index < -0.39 is 15.8 Å². The van der Waals surface area contributed by atoms with Gasteiger partial charge in [-0.1, -0.05) is 6.07 Å². The van der Waals surface area contributed by atoms with E-state index in [1.807, 2.05) is 0 Å². The van der Waals surface area contributed by atoms with Crippen LogP contribution in [0.2, 0.25) is 0 Å². The van der Waals surface area contributed by atoms with E-state index in [4.69, 9.17) is 9.84 Å². The molecule has 1 aromatic rings. The molecule has 0 aliphatic carbocycles. The van der Waals surface area contributed by atoms with Crippen LogP contribution >= 0.6 is 0 Å². The summed E-state index contributed by atoms with van der Waals surface area (Å²) in [6.45, 7) is 3.62. The average molecular weight is 355 g/mol. The normalized spacial score (nSPS) is 19.0. The van der Waals surface area contributed by atoms with E-state index in [0.717, 1.165) is 5.56 Å². The number of rotatable bonds is 6. The smallest absolute Gasteiger partial charge is 0.339 e. The van der Waals surface area contributed by atoms with Gasteiger partial charge in [0.15, 0.2) is 16.4 Å². The summed E-state index contributed by atoms with van der Waals surface area (Å²) >= 11 is 0. The van der Waals surface area contributed by atoms with E-state index >= 15 is 0 Å². The van der Waals surface area contributed by atoms with E-state index in [-0.39, 0.29) is 41.4 Å². The molecule has 8 heteroatoms. The number of carboxylic acids is 1. The van der Waals surface area contributed by atoms with E-state index in [9.17, 15) is 18.0 Å². The zero-order valence-electron chi connectivity index (χ0n) is 13.7. The molecule has 24 heavy (non-hydrogen) atoms. The molecule has 0 bridgehead atoms. The predicted octanol–water partition coefficient (Wildman–Crippen LogP) is 1.11. The quantitative estimate of drug-likeness (QED) is 0.820. The summed E-state index contributed by atoms with van der Waals surface area (Å²) in [5.74, 6) is -1.30. The van der Waals surface area contributed by atoms with Crippen LogP contribution in [0, 0.1) is 6.92 Å². The van der Waals surface area contributed by atoms with Gasteiger partial charge in [0.25, 0.3) is 5.91 Å². The minimum Gasteiger partial charge on any atom is -0.483 e. The molecule has 1 saturated heterocycles. The molecule has 1 aromatic carbocycles. The SMILES string of the molecule is CCN(C(=O)COc1cc(C)ccc1C(=O)O)C1CCS(=O)(=O)C1. The lowest BCUT2D eigenvalue weighted by Crippen LogP contribution is -2.43. The molecule has 7 nitrogen and oxygen atoms in total. The first-order valence-corrected chi connectivity index (χ1v) is 9.52. The highest BCUT2D eigenvalue weighted by Crippen LogP contribution is 2.21. The summed E-state index contributed by atoms with van der Waals surface area (Å²) in [4.78, 5) is 25.1. The summed E-state index contributed by atoms with van der Waals surface area (Å²) < 4.78 is 28.6. The average Bonchev–Trinajstić information content (AvgIpc) is 2.85. The second kappa shape index (κ2) is 7.21. The third-order valence-electron chi connectivity index (χ3n) is 4.03. The van der Waals surface area contributed by atoms with Crippen molar-refractivity contribution >= 4 is 21.7 Å². The van der Waals surface area contributed by atoms with Crippen molar-refractivity contribution in [3.63, 3.8) is 0 Å². The highest BCUT2D eigenvalue weighted by Gasteiger charge is 2.34. The zero-order valence-corrected chi connectivity index (χ0v) is 14.5. The Kier molecular flexibility index (Phi) is 5.48. The van der Waals surface area contributed by atoms with E-state index in [2.05, 4.69) is 0 Å². The van der Waals surface area contributed by atoms with Crippen LogP contribution in [0.4, 0.5) is 0 Å². The van der Waals surface area contributed by atoms with Crippen LogP contribution in [0.25, 0.3) is 0 Å². The van der Waals surface area contributed by atoms with Gasteiger partial charge in [0.05, 0.1) is 11.5 Å². The standard InChI is InChI=1S/C16H21NO6S/c1-3-17(12-6-7-24(21,22)10-12)15(18)9-23-14-8-11(2)4-5-13(14)16(19)20/h4-5,8,12H,3,6-7,9-10H2,1-2H3,(H,19,20). The number of amides is 1. The van der Waals surface area contributed by atoms with E-state index in [0.29, 0.717) is 13.0 Å². The Morgan fingerprint density at radius 1 is 1.38 bits per heavy atom. The predicted molar refractivity (Wildman–Crippen MR) is 88.1 cm³/mol. The van der Waals surface area contributed by atoms with Gasteiger partial charge >= 0.3 is 5.97 Å². The summed E-state index contributed by atoms with van der Waals surface area (Å²) in [6.07, 6.45) is 0.423. The van der Waals surface area contributed by atoms with Crippen molar-refractivity contribution in [3.8, 4) is 5.75 Å². The molecular weight excluding hydrogens is 334 g/mol. The van der Waals surface area contributed by atoms with Gasteiger partial charge in [-0.05, 0) is 38.0 Å². The van der Waals surface area contributed by atoms with Gasteiger partial charge in [0.2, 0.25) is 0 Å². The maximum absolute atomic E-state index is 12.4. The largest absolute Gasteiger partial charge is 0.483 e. The molecule has 1 amide bonds. The number of ether oxygens (including phenoxy) is 1. The van der Waals surface area contributed by atoms with Crippen molar-refractivity contribution in [1.82, 2.24) is 4.90 Å². The first kappa shape index (κ1) is 18.3. The van der Waals surface area contributed by atoms with Gasteiger partial charge in [0.1, 0.15) is 11.3 Å². The van der Waals surface area contributed by atoms with Gasteiger partial charge in [-0.2, -0.15) is 0 Å². The molecule has 0 aromatic heterocycles. The minimum absolute atomic E-state index is 0.0140. The molecular formula is C16H21NO6S. The van der Waals surface area contributed by atoms with Gasteiger partial charge in [0, 0.05) is 12.6 Å². The molecule has 2 rings (SSSR count). The van der Waals surface area contributed by atoms with Crippen LogP contribution in [0.15, 0.2) is 18.2 Å². The number of sulfone groups is 1. The lowest BCUT2D eigenvalue weighted by Gasteiger charge is -2.26. The maximum Gasteiger partial charge on any atom is 0.339 e. The van der Waals surface area contributed by atoms with Gasteiger partial charge in [-0.25, -0.2) is 13.2 Å². The fraction of sp³-hybridized carbons (Fsp3) is 0.500. The van der Waals surface area contributed by atoms with E-state index in [1.54, 1.807) is 26.0 Å². The van der Waals surface area contributed by atoms with Crippen molar-refractivity contribution < 1.29 is 27.9 Å². The number of nitrogens with zero attached hydrogens (tertiary/aromatic N) is 1. The number of hydrogen-bond donors (Lipinski definition) is 1. The molecule has 1 heterocycles. The number of aromatic carboxylic acids is 1. The molecule has 132 valence electrons. The summed E-state index contributed by atoms with van der Waals surface area (Å²) in [5.41, 5.74) is 0.802. The molecule has 0 spiro atoms. The number of carbonyl (C=O) groups is 2. The second-order valence-electron chi connectivity index (χ2n) is 5.83. The molecule has 1 aliphatic heterocycles. The Labute approximate surface area is 141 Å². The fourth-order valence-electron chi connectivity index (χ4n) is 2.81. The number of aryl methyl sites for hydroxylation is 1. The summed E-state index contributed by atoms with van der Waals surface area (Å²) in [5, 5.41) is 9.17. The summed E-state index contributed by atoms with van der Waals surface area (Å²) in [6, 6.07) is 4.30. The molecule has 1 fully saturated rings. The first-order valence-electron chi connectivity index (χ1n) is 7.70. The lowest BCUT2D eigenvalue weighted by molar-refractivity contribution is -0.135. The van der Waals surface area contributed by atoms with Crippen molar-refractivity contribution in [2.45, 2.75) is 26.3 Å². The molecule has 0 saturated carbocycles. The van der Waals surface area contributed by atoms with Gasteiger partial charge < -0.3 is 14.7 Å². The van der Waals surface area contributed by atoms with Crippen LogP contribution in [0.5, 0.6) is 5.75 Å². The van der Waals surface area contributed by atoms with E-state index in [1.165, 1.54) is 11.0 Å². The Hall–Kier alpha value is -2.09. The summed E-state index contributed by atoms with van der Waals surface area (Å²) in [7, 11) is -3.09. The molecule has 1 aliphatic rings. The highest BCUT2D eigenvalue weighted by atomic mass is 32.2. The Morgan fingerprint density at radius 3 is 2.62 bits per heavy atom. The van der Waals surface area contributed by atoms with Crippen molar-refractivity contribution in [2.75, 3.05) is 24.7 Å². The third kappa shape index (κ3) is 4.25. The number of likely N-dealkylation sites (N-methyl/N-ethyl adjacent to an activating group) is 1. The van der Waals surface area contributed by atoms with Crippen LogP contribution < -0.4 is 4.74 Å². The Bertz CT molecular complexity index is 743. The lowest BCUT2D eigenvalue weighted by atomic mass is 10.1. The second-order valence-corrected chi connectivity index (χ2v) is 8.06. The van der Waals surface area contributed by atoms with Gasteiger partial charge in [-0.15, -0.1) is 0 Å². The monoisotopic (exact) mass is 355 g/mol. The third-order valence-corrected chi connectivity index (χ3v) is 5.78. The van der Waals surface area contributed by atoms with Crippen LogP contribution in [0.3, 0.4) is 0 Å². The van der Waals surface area contributed by atoms with Crippen molar-refractivity contribution in [2.24, 2.45) is 0 Å². The molecule has 0 radical (unpaired) electrons. The minimum atomic E-state index is -3.09. The number of hydrogen-bond acceptors (Lipinski definition) is 5. The highest BCUT2D eigenvalue weighted by molar-refractivity contribution is 7.91.